The monoisotopic (exact) mass is 484 g/mol. The van der Waals surface area contributed by atoms with Crippen LogP contribution in [-0.2, 0) is 19.6 Å². The van der Waals surface area contributed by atoms with Crippen LogP contribution in [0.3, 0.4) is 0 Å². The number of ether oxygens (including phenoxy) is 1. The van der Waals surface area contributed by atoms with Crippen molar-refractivity contribution in [3.05, 3.63) is 62.5 Å². The first-order chi connectivity index (χ1) is 14.7. The maximum absolute atomic E-state index is 13.7. The van der Waals surface area contributed by atoms with Gasteiger partial charge in [-0.2, -0.15) is 0 Å². The maximum atomic E-state index is 13.7. The average molecular weight is 485 g/mol. The van der Waals surface area contributed by atoms with E-state index >= 15 is 0 Å². The predicted molar refractivity (Wildman–Crippen MR) is 115 cm³/mol. The quantitative estimate of drug-likeness (QED) is 0.654. The Labute approximate surface area is 187 Å². The number of hydrogen-bond acceptors (Lipinski definition) is 8. The third-order valence-electron chi connectivity index (χ3n) is 5.10. The summed E-state index contributed by atoms with van der Waals surface area (Å²) in [7, 11) is -2.10. The zero-order chi connectivity index (χ0) is 22.3. The van der Waals surface area contributed by atoms with Crippen LogP contribution < -0.4 is 5.32 Å². The standard InChI is InChI=1S/C19H18ClFN4O4S2/c1-29-19(26)14-15(10-8-25(9-10)31(2,27)28)23-17(18-22-5-6-30-18)24-16(14)12-4-3-11(21)7-13(12)20/h3-7,10,16H,8-9H2,1-2H3,(H,23,24). The molecular formula is C19H18ClFN4O4S2. The van der Waals surface area contributed by atoms with E-state index in [4.69, 9.17) is 16.3 Å². The van der Waals surface area contributed by atoms with Gasteiger partial charge in [0.15, 0.2) is 10.8 Å². The predicted octanol–water partition coefficient (Wildman–Crippen LogP) is 2.35. The van der Waals surface area contributed by atoms with Crippen LogP contribution in [0.5, 0.6) is 0 Å². The molecule has 3 heterocycles. The molecule has 4 rings (SSSR count). The molecule has 1 unspecified atom stereocenters. The fraction of sp³-hybridized carbons (Fsp3) is 0.316. The lowest BCUT2D eigenvalue weighted by molar-refractivity contribution is -0.136. The molecule has 0 spiro atoms. The fourth-order valence-corrected chi connectivity index (χ4v) is 5.27. The van der Waals surface area contributed by atoms with Gasteiger partial charge in [0.25, 0.3) is 0 Å². The van der Waals surface area contributed by atoms with E-state index in [9.17, 15) is 17.6 Å². The second-order valence-corrected chi connectivity index (χ2v) is 10.4. The lowest BCUT2D eigenvalue weighted by Crippen LogP contribution is -2.53. The average Bonchev–Trinajstić information content (AvgIpc) is 3.19. The lowest BCUT2D eigenvalue weighted by atomic mass is 9.88. The molecule has 1 N–H and O–H groups in total. The summed E-state index contributed by atoms with van der Waals surface area (Å²) >= 11 is 7.65. The number of nitrogens with zero attached hydrogens (tertiary/aromatic N) is 3. The van der Waals surface area contributed by atoms with Crippen molar-refractivity contribution >= 4 is 44.8 Å². The van der Waals surface area contributed by atoms with Crippen LogP contribution in [0, 0.1) is 11.7 Å². The molecular weight excluding hydrogens is 467 g/mol. The second-order valence-electron chi connectivity index (χ2n) is 7.10. The molecule has 2 aliphatic heterocycles. The molecule has 0 amide bonds. The smallest absolute Gasteiger partial charge is 0.338 e. The van der Waals surface area contributed by atoms with E-state index in [0.29, 0.717) is 22.1 Å². The Morgan fingerprint density at radius 2 is 2.13 bits per heavy atom. The Bertz CT molecular complexity index is 1190. The summed E-state index contributed by atoms with van der Waals surface area (Å²) in [5, 5.41) is 5.65. The number of halogens is 2. The van der Waals surface area contributed by atoms with E-state index in [1.807, 2.05) is 0 Å². The zero-order valence-electron chi connectivity index (χ0n) is 16.5. The Morgan fingerprint density at radius 3 is 2.71 bits per heavy atom. The number of hydrogen-bond donors (Lipinski definition) is 1. The highest BCUT2D eigenvalue weighted by Crippen LogP contribution is 2.40. The van der Waals surface area contributed by atoms with Crippen LogP contribution in [0.15, 0.2) is 46.0 Å². The van der Waals surface area contributed by atoms with E-state index < -0.39 is 27.9 Å². The minimum absolute atomic E-state index is 0.112. The lowest BCUT2D eigenvalue weighted by Gasteiger charge is -2.41. The molecule has 12 heteroatoms. The van der Waals surface area contributed by atoms with Crippen molar-refractivity contribution in [2.75, 3.05) is 26.5 Å². The fourth-order valence-electron chi connectivity index (χ4n) is 3.51. The largest absolute Gasteiger partial charge is 0.466 e. The Kier molecular flexibility index (Phi) is 5.86. The molecule has 31 heavy (non-hydrogen) atoms. The number of aliphatic imine (C=N–C) groups is 1. The van der Waals surface area contributed by atoms with Gasteiger partial charge in [-0.25, -0.2) is 26.9 Å². The second kappa shape index (κ2) is 8.30. The zero-order valence-corrected chi connectivity index (χ0v) is 18.9. The molecule has 1 aromatic heterocycles. The normalized spacial score (nSPS) is 20.1. The van der Waals surface area contributed by atoms with Crippen molar-refractivity contribution in [2.24, 2.45) is 10.9 Å². The van der Waals surface area contributed by atoms with Crippen molar-refractivity contribution in [3.8, 4) is 0 Å². The first-order valence-corrected chi connectivity index (χ1v) is 12.3. The third kappa shape index (κ3) is 4.22. The first-order valence-electron chi connectivity index (χ1n) is 9.16. The minimum Gasteiger partial charge on any atom is -0.466 e. The number of sulfonamides is 1. The van der Waals surface area contributed by atoms with Crippen LogP contribution in [0.25, 0.3) is 0 Å². The van der Waals surface area contributed by atoms with Gasteiger partial charge in [0.1, 0.15) is 11.9 Å². The van der Waals surface area contributed by atoms with Gasteiger partial charge in [0, 0.05) is 46.9 Å². The van der Waals surface area contributed by atoms with Gasteiger partial charge in [-0.15, -0.1) is 11.3 Å². The van der Waals surface area contributed by atoms with Crippen LogP contribution in [0.2, 0.25) is 5.02 Å². The van der Waals surface area contributed by atoms with Crippen molar-refractivity contribution in [1.29, 1.82) is 0 Å². The Balaban J connectivity index is 1.84. The third-order valence-corrected chi connectivity index (χ3v) is 7.44. The topological polar surface area (TPSA) is 101 Å². The highest BCUT2D eigenvalue weighted by molar-refractivity contribution is 7.88. The molecule has 0 saturated carbocycles. The number of thiazole rings is 1. The Hall–Kier alpha value is -2.34. The minimum atomic E-state index is -3.35. The molecule has 2 aromatic rings. The van der Waals surface area contributed by atoms with Crippen LogP contribution in [0.4, 0.5) is 4.39 Å². The highest BCUT2D eigenvalue weighted by atomic mass is 35.5. The van der Waals surface area contributed by atoms with Crippen molar-refractivity contribution in [1.82, 2.24) is 14.6 Å². The number of methoxy groups -OCH3 is 1. The van der Waals surface area contributed by atoms with Crippen LogP contribution in [-0.4, -0.2) is 56.0 Å². The van der Waals surface area contributed by atoms with E-state index in [0.717, 1.165) is 12.3 Å². The number of benzene rings is 1. The summed E-state index contributed by atoms with van der Waals surface area (Å²) in [5.74, 6) is -1.01. The Morgan fingerprint density at radius 1 is 1.39 bits per heavy atom. The summed E-state index contributed by atoms with van der Waals surface area (Å²) in [6, 6.07) is 3.00. The molecule has 0 radical (unpaired) electrons. The summed E-state index contributed by atoms with van der Waals surface area (Å²) in [4.78, 5) is 21.7. The van der Waals surface area contributed by atoms with Gasteiger partial charge in [0.2, 0.25) is 10.0 Å². The number of nitrogens with one attached hydrogen (secondary N) is 1. The van der Waals surface area contributed by atoms with Gasteiger partial charge >= 0.3 is 5.97 Å². The van der Waals surface area contributed by atoms with E-state index in [1.165, 1.54) is 34.9 Å². The van der Waals surface area contributed by atoms with Gasteiger partial charge in [-0.3, -0.25) is 4.99 Å². The highest BCUT2D eigenvalue weighted by Gasteiger charge is 2.42. The van der Waals surface area contributed by atoms with Gasteiger partial charge in [-0.1, -0.05) is 17.7 Å². The number of rotatable bonds is 5. The van der Waals surface area contributed by atoms with Gasteiger partial charge in [-0.05, 0) is 12.1 Å². The van der Waals surface area contributed by atoms with Gasteiger partial charge in [0.05, 0.1) is 18.9 Å². The van der Waals surface area contributed by atoms with Crippen LogP contribution >= 0.6 is 22.9 Å². The number of carbonyl (C=O) groups is 1. The maximum Gasteiger partial charge on any atom is 0.338 e. The molecule has 1 atom stereocenters. The summed E-state index contributed by atoms with van der Waals surface area (Å²) in [5.41, 5.74) is 1.13. The molecule has 1 saturated heterocycles. The van der Waals surface area contributed by atoms with Crippen LogP contribution in [0.1, 0.15) is 16.6 Å². The van der Waals surface area contributed by atoms with Crippen molar-refractivity contribution in [3.63, 3.8) is 0 Å². The summed E-state index contributed by atoms with van der Waals surface area (Å²) < 4.78 is 43.7. The van der Waals surface area contributed by atoms with Crippen molar-refractivity contribution in [2.45, 2.75) is 6.04 Å². The van der Waals surface area contributed by atoms with Crippen molar-refractivity contribution < 1.29 is 22.3 Å². The van der Waals surface area contributed by atoms with E-state index in [-0.39, 0.29) is 29.6 Å². The SMILES string of the molecule is COC(=O)C1=C(C2CN(S(C)(=O)=O)C2)NC(c2nccs2)=NC1c1ccc(F)cc1Cl. The molecule has 1 aromatic carbocycles. The van der Waals surface area contributed by atoms with E-state index in [1.54, 1.807) is 11.6 Å². The summed E-state index contributed by atoms with van der Waals surface area (Å²) in [6.45, 7) is 0.410. The number of amidine groups is 1. The molecule has 164 valence electrons. The molecule has 0 bridgehead atoms. The number of aromatic nitrogens is 1. The summed E-state index contributed by atoms with van der Waals surface area (Å²) in [6.07, 6.45) is 2.76. The first kappa shape index (κ1) is 21.9. The number of esters is 1. The molecule has 2 aliphatic rings. The van der Waals surface area contributed by atoms with E-state index in [2.05, 4.69) is 15.3 Å². The molecule has 8 nitrogen and oxygen atoms in total. The molecule has 0 aliphatic carbocycles. The number of carbonyl (C=O) groups excluding carboxylic acids is 1. The molecule has 1 fully saturated rings. The van der Waals surface area contributed by atoms with Gasteiger partial charge < -0.3 is 10.1 Å².